The quantitative estimate of drug-likeness (QED) is 0.174. The Morgan fingerprint density at radius 3 is 1.14 bits per heavy atom. The summed E-state index contributed by atoms with van der Waals surface area (Å²) in [7, 11) is 3.73. The lowest BCUT2D eigenvalue weighted by molar-refractivity contribution is 0.253. The van der Waals surface area contributed by atoms with Crippen LogP contribution in [0.1, 0.15) is 0 Å². The summed E-state index contributed by atoms with van der Waals surface area (Å²) in [6.07, 6.45) is 0. The van der Waals surface area contributed by atoms with Crippen molar-refractivity contribution in [3.05, 3.63) is 182 Å². The van der Waals surface area contributed by atoms with Gasteiger partial charge in [-0.2, -0.15) is 0 Å². The fourth-order valence-electron chi connectivity index (χ4n) is 9.52. The number of fused-ring (bicyclic) bond motifs is 3. The van der Waals surface area contributed by atoms with Crippen LogP contribution in [-0.2, 0) is 0 Å². The molecule has 9 aromatic carbocycles. The molecule has 0 unspecified atom stereocenters. The molecule has 0 aromatic heterocycles. The number of anilines is 2. The second-order valence-electron chi connectivity index (χ2n) is 14.8. The summed E-state index contributed by atoms with van der Waals surface area (Å²) in [6.45, 7) is 0. The zero-order valence-electron chi connectivity index (χ0n) is 31.1. The number of rotatable bonds is 5. The van der Waals surface area contributed by atoms with Crippen LogP contribution in [0.15, 0.2) is 182 Å². The van der Waals surface area contributed by atoms with Crippen molar-refractivity contribution in [2.75, 3.05) is 23.9 Å². The topological polar surface area (TPSA) is 23.6 Å². The average molecular weight is 717 g/mol. The van der Waals surface area contributed by atoms with E-state index >= 15 is 0 Å². The lowest BCUT2D eigenvalue weighted by Crippen LogP contribution is -2.41. The zero-order valence-corrected chi connectivity index (χ0v) is 31.1. The van der Waals surface area contributed by atoms with Crippen LogP contribution in [0.3, 0.4) is 0 Å². The number of nitrogens with zero attached hydrogens (tertiary/aromatic N) is 2. The molecular formula is C53H36N2O. The highest BCUT2D eigenvalue weighted by atomic mass is 16.2. The fraction of sp³-hybridized carbons (Fsp3) is 0.0377. The predicted octanol–water partition coefficient (Wildman–Crippen LogP) is 14.0. The molecule has 0 bridgehead atoms. The van der Waals surface area contributed by atoms with Gasteiger partial charge in [0.05, 0.1) is 11.4 Å². The number of carbonyl (C=O) groups excluding carboxylic acids is 1. The van der Waals surface area contributed by atoms with Crippen molar-refractivity contribution >= 4 is 39.0 Å². The average Bonchev–Trinajstić information content (AvgIpc) is 3.60. The molecule has 1 heterocycles. The Labute approximate surface area is 326 Å². The highest BCUT2D eigenvalue weighted by Gasteiger charge is 2.35. The Kier molecular flexibility index (Phi) is 7.14. The monoisotopic (exact) mass is 716 g/mol. The van der Waals surface area contributed by atoms with Gasteiger partial charge in [0, 0.05) is 19.5 Å². The van der Waals surface area contributed by atoms with E-state index in [9.17, 15) is 4.79 Å². The number of hydrogen-bond acceptors (Lipinski definition) is 1. The first-order chi connectivity index (χ1) is 27.6. The highest BCUT2D eigenvalue weighted by molar-refractivity contribution is 6.29. The summed E-state index contributed by atoms with van der Waals surface area (Å²) in [5.74, 6) is 0. The molecule has 9 aromatic rings. The first kappa shape index (κ1) is 32.2. The van der Waals surface area contributed by atoms with Gasteiger partial charge in [-0.3, -0.25) is 9.80 Å². The molecule has 0 fully saturated rings. The second-order valence-corrected chi connectivity index (χ2v) is 14.8. The lowest BCUT2D eigenvalue weighted by atomic mass is 9.76. The first-order valence-electron chi connectivity index (χ1n) is 19.2. The van der Waals surface area contributed by atoms with Gasteiger partial charge in [0.15, 0.2) is 0 Å². The van der Waals surface area contributed by atoms with E-state index in [-0.39, 0.29) is 6.03 Å². The Hall–Kier alpha value is -7.23. The van der Waals surface area contributed by atoms with Crippen molar-refractivity contribution in [3.8, 4) is 77.9 Å². The molecule has 2 amide bonds. The van der Waals surface area contributed by atoms with Crippen LogP contribution < -0.4 is 9.80 Å². The van der Waals surface area contributed by atoms with E-state index in [1.165, 1.54) is 83.1 Å². The molecule has 0 spiro atoms. The maximum atomic E-state index is 13.2. The van der Waals surface area contributed by atoms with Crippen LogP contribution >= 0.6 is 0 Å². The molecule has 2 aliphatic rings. The zero-order chi connectivity index (χ0) is 37.5. The Balaban J connectivity index is 1.30. The molecule has 264 valence electrons. The Morgan fingerprint density at radius 1 is 0.304 bits per heavy atom. The van der Waals surface area contributed by atoms with E-state index in [0.717, 1.165) is 27.7 Å². The molecule has 0 N–H and O–H groups in total. The smallest absolute Gasteiger partial charge is 0.296 e. The predicted molar refractivity (Wildman–Crippen MR) is 235 cm³/mol. The van der Waals surface area contributed by atoms with Crippen LogP contribution in [0.2, 0.25) is 0 Å². The van der Waals surface area contributed by atoms with Gasteiger partial charge in [0.25, 0.3) is 0 Å². The number of benzene rings is 9. The molecule has 56 heavy (non-hydrogen) atoms. The fourth-order valence-corrected chi connectivity index (χ4v) is 9.52. The molecular weight excluding hydrogens is 681 g/mol. The summed E-state index contributed by atoms with van der Waals surface area (Å²) < 4.78 is 0. The van der Waals surface area contributed by atoms with Gasteiger partial charge in [-0.05, 0) is 106 Å². The van der Waals surface area contributed by atoms with Crippen LogP contribution in [0.5, 0.6) is 0 Å². The van der Waals surface area contributed by atoms with E-state index < -0.39 is 0 Å². The van der Waals surface area contributed by atoms with E-state index in [1.807, 2.05) is 14.1 Å². The van der Waals surface area contributed by atoms with Crippen LogP contribution in [-0.4, -0.2) is 20.1 Å². The molecule has 0 radical (unpaired) electrons. The SMILES string of the molecule is CN1C(=O)N(C)c2ccc(-c3ccc4c5c(cccc35)-c3c(-c5ccccc5)c(-c5ccccc5)c(-c5ccccc5)c(-c5ccccc5)c3-4)c3cccc1c23. The Morgan fingerprint density at radius 2 is 0.661 bits per heavy atom. The molecule has 11 rings (SSSR count). The van der Waals surface area contributed by atoms with Gasteiger partial charge in [-0.1, -0.05) is 170 Å². The molecule has 0 saturated heterocycles. The molecule has 0 atom stereocenters. The summed E-state index contributed by atoms with van der Waals surface area (Å²) >= 11 is 0. The Bertz CT molecular complexity index is 2910. The van der Waals surface area contributed by atoms with Crippen molar-refractivity contribution in [2.24, 2.45) is 0 Å². The van der Waals surface area contributed by atoms with E-state index in [1.54, 1.807) is 9.80 Å². The third-order valence-corrected chi connectivity index (χ3v) is 11.9. The van der Waals surface area contributed by atoms with Crippen molar-refractivity contribution in [2.45, 2.75) is 0 Å². The summed E-state index contributed by atoms with van der Waals surface area (Å²) in [5, 5.41) is 4.71. The summed E-state index contributed by atoms with van der Waals surface area (Å²) in [6, 6.07) is 65.9. The van der Waals surface area contributed by atoms with Gasteiger partial charge >= 0.3 is 6.03 Å². The van der Waals surface area contributed by atoms with E-state index in [2.05, 4.69) is 182 Å². The standard InChI is InChI=1S/C53H36N2O/c1-54-43-28-16-26-40-38(31-32-44(50(40)43)55(2)53(54)56)37-29-30-42-49-39(37)25-15-27-41(49)51-47(35-21-11-5-12-22-35)45(33-17-7-3-8-18-33)46(34-19-9-4-10-20-34)48(52(42)51)36-23-13-6-14-24-36/h3-32H,1-2H3. The maximum absolute atomic E-state index is 13.2. The molecule has 3 heteroatoms. The van der Waals surface area contributed by atoms with Crippen molar-refractivity contribution in [1.29, 1.82) is 0 Å². The van der Waals surface area contributed by atoms with Gasteiger partial charge in [-0.15, -0.1) is 0 Å². The lowest BCUT2D eigenvalue weighted by Gasteiger charge is -2.33. The summed E-state index contributed by atoms with van der Waals surface area (Å²) in [5.41, 5.74) is 18.9. The van der Waals surface area contributed by atoms with E-state index in [4.69, 9.17) is 0 Å². The van der Waals surface area contributed by atoms with Crippen LogP contribution in [0, 0.1) is 0 Å². The third kappa shape index (κ3) is 4.55. The second kappa shape index (κ2) is 12.4. The summed E-state index contributed by atoms with van der Waals surface area (Å²) in [4.78, 5) is 16.7. The van der Waals surface area contributed by atoms with Gasteiger partial charge in [0.1, 0.15) is 0 Å². The number of hydrogen-bond donors (Lipinski definition) is 0. The highest BCUT2D eigenvalue weighted by Crippen LogP contribution is 2.61. The molecule has 3 nitrogen and oxygen atoms in total. The van der Waals surface area contributed by atoms with Crippen molar-refractivity contribution < 1.29 is 4.79 Å². The minimum absolute atomic E-state index is 0.0333. The minimum Gasteiger partial charge on any atom is -0.296 e. The van der Waals surface area contributed by atoms with Crippen molar-refractivity contribution in [1.82, 2.24) is 0 Å². The molecule has 1 aliphatic heterocycles. The largest absolute Gasteiger partial charge is 0.328 e. The number of urea groups is 1. The van der Waals surface area contributed by atoms with Crippen LogP contribution in [0.4, 0.5) is 16.2 Å². The minimum atomic E-state index is -0.0333. The van der Waals surface area contributed by atoms with E-state index in [0.29, 0.717) is 0 Å². The number of amides is 2. The maximum Gasteiger partial charge on any atom is 0.328 e. The third-order valence-electron chi connectivity index (χ3n) is 11.9. The van der Waals surface area contributed by atoms with Crippen molar-refractivity contribution in [3.63, 3.8) is 0 Å². The molecule has 1 aliphatic carbocycles. The van der Waals surface area contributed by atoms with Gasteiger partial charge in [0.2, 0.25) is 0 Å². The molecule has 0 saturated carbocycles. The number of carbonyl (C=O) groups is 1. The van der Waals surface area contributed by atoms with Gasteiger partial charge in [-0.25, -0.2) is 4.79 Å². The van der Waals surface area contributed by atoms with Crippen LogP contribution in [0.25, 0.3) is 99.4 Å². The normalized spacial score (nSPS) is 12.8. The first-order valence-corrected chi connectivity index (χ1v) is 19.2. The van der Waals surface area contributed by atoms with Gasteiger partial charge < -0.3 is 0 Å².